The molecule has 1 heterocycles. The van der Waals surface area contributed by atoms with Crippen LogP contribution in [0.1, 0.15) is 6.92 Å². The Morgan fingerprint density at radius 2 is 1.67 bits per heavy atom. The largest absolute Gasteiger partial charge is 0.589 e. The second kappa shape index (κ2) is 2.29. The third-order valence-electron chi connectivity index (χ3n) is 1.19. The molecular weight excluding hydrogens is 191 g/mol. The van der Waals surface area contributed by atoms with Crippen LogP contribution in [0, 0.1) is 0 Å². The van der Waals surface area contributed by atoms with Gasteiger partial charge in [-0.25, -0.2) is 14.2 Å². The fraction of sp³-hybridized carbons (Fsp3) is 0.500. The van der Waals surface area contributed by atoms with E-state index in [0.29, 0.717) is 0 Å². The number of hydrogen-bond donors (Lipinski definition) is 2. The molecule has 1 aliphatic heterocycles. The Labute approximate surface area is 66.5 Å². The predicted octanol–water partition coefficient (Wildman–Crippen LogP) is -1.06. The van der Waals surface area contributed by atoms with E-state index in [4.69, 9.17) is 10.00 Å². The zero-order chi connectivity index (χ0) is 9.57. The third-order valence-corrected chi connectivity index (χ3v) is 1.98. The zero-order valence-electron chi connectivity index (χ0n) is 5.88. The van der Waals surface area contributed by atoms with Gasteiger partial charge in [-0.2, -0.15) is 0 Å². The molecule has 0 aromatic rings. The van der Waals surface area contributed by atoms with E-state index < -0.39 is 25.4 Å². The van der Waals surface area contributed by atoms with Gasteiger partial charge in [-0.1, -0.05) is 0 Å². The van der Waals surface area contributed by atoms with Crippen LogP contribution < -0.4 is 0 Å². The molecule has 1 saturated heterocycles. The smallest absolute Gasteiger partial charge is 0.369 e. The van der Waals surface area contributed by atoms with Crippen LogP contribution in [0.25, 0.3) is 0 Å². The Morgan fingerprint density at radius 3 is 2.00 bits per heavy atom. The molecule has 0 bridgehead atoms. The van der Waals surface area contributed by atoms with Crippen molar-refractivity contribution in [3.8, 4) is 0 Å². The summed E-state index contributed by atoms with van der Waals surface area (Å²) in [6.45, 7) is 0.802. The molecule has 0 saturated carbocycles. The van der Waals surface area contributed by atoms with E-state index in [1.165, 1.54) is 0 Å². The fourth-order valence-electron chi connectivity index (χ4n) is 0.489. The quantitative estimate of drug-likeness (QED) is 0.375. The highest BCUT2D eigenvalue weighted by molar-refractivity contribution is 7.48. The standard InChI is InChI=1S/C4H5O7P/c1-4(7)2(5)10-12(8,9)11-3(4)6/h7H,1H3,(H,8,9). The summed E-state index contributed by atoms with van der Waals surface area (Å²) in [7, 11) is -4.64. The highest BCUT2D eigenvalue weighted by atomic mass is 31.2. The van der Waals surface area contributed by atoms with Crippen LogP contribution in [0.3, 0.4) is 0 Å². The molecule has 0 unspecified atom stereocenters. The van der Waals surface area contributed by atoms with E-state index in [1.54, 1.807) is 0 Å². The van der Waals surface area contributed by atoms with Crippen molar-refractivity contribution in [2.24, 2.45) is 0 Å². The first kappa shape index (κ1) is 9.18. The summed E-state index contributed by atoms with van der Waals surface area (Å²) in [6.07, 6.45) is 0. The minimum absolute atomic E-state index is 0.802. The summed E-state index contributed by atoms with van der Waals surface area (Å²) in [5.41, 5.74) is -2.50. The number of carbonyl (C=O) groups is 2. The maximum Gasteiger partial charge on any atom is 0.589 e. The van der Waals surface area contributed by atoms with Crippen LogP contribution in [0.5, 0.6) is 0 Å². The minimum atomic E-state index is -4.64. The lowest BCUT2D eigenvalue weighted by atomic mass is 10.1. The Morgan fingerprint density at radius 1 is 1.33 bits per heavy atom. The normalized spacial score (nSPS) is 41.9. The number of aliphatic hydroxyl groups is 1. The van der Waals surface area contributed by atoms with Gasteiger partial charge in [-0.3, -0.25) is 4.89 Å². The van der Waals surface area contributed by atoms with Crippen LogP contribution in [0.4, 0.5) is 0 Å². The lowest BCUT2D eigenvalue weighted by Crippen LogP contribution is -2.48. The van der Waals surface area contributed by atoms with Crippen molar-refractivity contribution in [3.05, 3.63) is 0 Å². The van der Waals surface area contributed by atoms with Crippen molar-refractivity contribution in [2.75, 3.05) is 0 Å². The summed E-state index contributed by atoms with van der Waals surface area (Å²) >= 11 is 0. The van der Waals surface area contributed by atoms with Crippen molar-refractivity contribution in [1.29, 1.82) is 0 Å². The second-order valence-corrected chi connectivity index (χ2v) is 3.60. The lowest BCUT2D eigenvalue weighted by molar-refractivity contribution is -0.178. The highest BCUT2D eigenvalue weighted by Crippen LogP contribution is 2.48. The molecule has 12 heavy (non-hydrogen) atoms. The molecule has 0 amide bonds. The van der Waals surface area contributed by atoms with Crippen molar-refractivity contribution < 1.29 is 33.2 Å². The van der Waals surface area contributed by atoms with Gasteiger partial charge in [0.2, 0.25) is 0 Å². The lowest BCUT2D eigenvalue weighted by Gasteiger charge is -2.25. The Hall–Kier alpha value is -0.910. The van der Waals surface area contributed by atoms with Crippen molar-refractivity contribution in [3.63, 3.8) is 0 Å². The second-order valence-electron chi connectivity index (χ2n) is 2.30. The maximum atomic E-state index is 10.6. The van der Waals surface area contributed by atoms with Gasteiger partial charge in [0.15, 0.2) is 0 Å². The Balaban J connectivity index is 3.01. The number of phosphoric ester groups is 1. The molecule has 2 N–H and O–H groups in total. The van der Waals surface area contributed by atoms with Gasteiger partial charge in [0.25, 0.3) is 5.60 Å². The van der Waals surface area contributed by atoms with Gasteiger partial charge in [-0.05, 0) is 6.92 Å². The molecule has 0 aromatic heterocycles. The molecule has 68 valence electrons. The monoisotopic (exact) mass is 196 g/mol. The molecule has 0 aliphatic carbocycles. The van der Waals surface area contributed by atoms with Crippen LogP contribution in [-0.2, 0) is 23.2 Å². The summed E-state index contributed by atoms with van der Waals surface area (Å²) < 4.78 is 18.0. The number of hydrogen-bond acceptors (Lipinski definition) is 6. The van der Waals surface area contributed by atoms with Crippen LogP contribution in [0.2, 0.25) is 0 Å². The SMILES string of the molecule is CC1(O)C(=O)OP(=O)(O)OC1=O. The first-order valence-electron chi connectivity index (χ1n) is 2.79. The minimum Gasteiger partial charge on any atom is -0.369 e. The highest BCUT2D eigenvalue weighted by Gasteiger charge is 2.53. The van der Waals surface area contributed by atoms with Gasteiger partial charge in [0.05, 0.1) is 0 Å². The third kappa shape index (κ3) is 1.34. The first-order valence-corrected chi connectivity index (χ1v) is 4.28. The van der Waals surface area contributed by atoms with Gasteiger partial charge < -0.3 is 14.2 Å². The van der Waals surface area contributed by atoms with Crippen LogP contribution in [-0.4, -0.2) is 27.5 Å². The van der Waals surface area contributed by atoms with Gasteiger partial charge in [0.1, 0.15) is 0 Å². The molecule has 0 atom stereocenters. The predicted molar refractivity (Wildman–Crippen MR) is 32.6 cm³/mol. The Bertz CT molecular complexity index is 268. The molecule has 0 radical (unpaired) electrons. The average molecular weight is 196 g/mol. The summed E-state index contributed by atoms with van der Waals surface area (Å²) in [6, 6.07) is 0. The maximum absolute atomic E-state index is 10.6. The molecule has 0 spiro atoms. The van der Waals surface area contributed by atoms with Gasteiger partial charge in [-0.15, -0.1) is 0 Å². The fourth-order valence-corrected chi connectivity index (χ4v) is 1.30. The van der Waals surface area contributed by atoms with Gasteiger partial charge >= 0.3 is 19.8 Å². The molecule has 1 fully saturated rings. The zero-order valence-corrected chi connectivity index (χ0v) is 6.78. The summed E-state index contributed by atoms with van der Waals surface area (Å²) in [5, 5.41) is 8.96. The van der Waals surface area contributed by atoms with Crippen molar-refractivity contribution >= 4 is 19.8 Å². The van der Waals surface area contributed by atoms with Crippen molar-refractivity contribution in [1.82, 2.24) is 0 Å². The number of rotatable bonds is 0. The van der Waals surface area contributed by atoms with E-state index >= 15 is 0 Å². The van der Waals surface area contributed by atoms with E-state index in [0.717, 1.165) is 6.92 Å². The van der Waals surface area contributed by atoms with Crippen molar-refractivity contribution in [2.45, 2.75) is 12.5 Å². The Kier molecular flexibility index (Phi) is 1.75. The van der Waals surface area contributed by atoms with E-state index in [9.17, 15) is 14.2 Å². The molecule has 1 aliphatic rings. The van der Waals surface area contributed by atoms with E-state index in [1.807, 2.05) is 0 Å². The van der Waals surface area contributed by atoms with Crippen LogP contribution >= 0.6 is 7.82 Å². The molecule has 7 nitrogen and oxygen atoms in total. The number of phosphoric acid groups is 1. The average Bonchev–Trinajstić information content (AvgIpc) is 1.82. The molecular formula is C4H5O7P. The summed E-state index contributed by atoms with van der Waals surface area (Å²) in [4.78, 5) is 29.8. The van der Waals surface area contributed by atoms with Gasteiger partial charge in [0, 0.05) is 0 Å². The number of carbonyl (C=O) groups excluding carboxylic acids is 2. The van der Waals surface area contributed by atoms with Crippen LogP contribution in [0.15, 0.2) is 0 Å². The topological polar surface area (TPSA) is 110 Å². The van der Waals surface area contributed by atoms with E-state index in [2.05, 4.69) is 9.05 Å². The summed E-state index contributed by atoms with van der Waals surface area (Å²) in [5.74, 6) is -2.99. The molecule has 0 aromatic carbocycles. The first-order chi connectivity index (χ1) is 5.26. The molecule has 8 heteroatoms. The molecule has 1 rings (SSSR count). The van der Waals surface area contributed by atoms with E-state index in [-0.39, 0.29) is 0 Å².